The fourth-order valence-corrected chi connectivity index (χ4v) is 3.59. The lowest BCUT2D eigenvalue weighted by Gasteiger charge is -2.16. The van der Waals surface area contributed by atoms with Crippen molar-refractivity contribution in [3.63, 3.8) is 0 Å². The number of hydrogen-bond acceptors (Lipinski definition) is 3. The fraction of sp³-hybridized carbons (Fsp3) is 0.227. The zero-order chi connectivity index (χ0) is 23.6. The van der Waals surface area contributed by atoms with Crippen molar-refractivity contribution in [2.45, 2.75) is 25.6 Å². The quantitative estimate of drug-likeness (QED) is 0.544. The van der Waals surface area contributed by atoms with E-state index in [2.05, 4.69) is 10.4 Å². The first-order valence-corrected chi connectivity index (χ1v) is 9.86. The van der Waals surface area contributed by atoms with Gasteiger partial charge >= 0.3 is 12.1 Å². The van der Waals surface area contributed by atoms with Crippen LogP contribution in [0.1, 0.15) is 56.2 Å². The van der Waals surface area contributed by atoms with Crippen LogP contribution in [0, 0.1) is 0 Å². The van der Waals surface area contributed by atoms with Crippen LogP contribution in [0.15, 0.2) is 48.5 Å². The van der Waals surface area contributed by atoms with Gasteiger partial charge in [-0.25, -0.2) is 4.79 Å². The molecule has 1 aromatic heterocycles. The first kappa shape index (κ1) is 23.3. The molecule has 0 aliphatic rings. The predicted octanol–water partition coefficient (Wildman–Crippen LogP) is 4.87. The Morgan fingerprint density at radius 2 is 1.84 bits per heavy atom. The van der Waals surface area contributed by atoms with Gasteiger partial charge in [0, 0.05) is 18.5 Å². The highest BCUT2D eigenvalue weighted by Crippen LogP contribution is 2.34. The Bertz CT molecular complexity index is 1160. The number of aromatic carboxylic acids is 1. The lowest BCUT2D eigenvalue weighted by atomic mass is 10.0. The molecule has 1 heterocycles. The second-order valence-electron chi connectivity index (χ2n) is 7.22. The Morgan fingerprint density at radius 1 is 1.19 bits per heavy atom. The van der Waals surface area contributed by atoms with Crippen molar-refractivity contribution < 1.29 is 27.9 Å². The molecule has 3 rings (SSSR count). The van der Waals surface area contributed by atoms with Crippen LogP contribution in [-0.2, 0) is 19.6 Å². The first-order chi connectivity index (χ1) is 15.0. The molecule has 6 nitrogen and oxygen atoms in total. The van der Waals surface area contributed by atoms with Gasteiger partial charge in [-0.1, -0.05) is 35.9 Å². The highest BCUT2D eigenvalue weighted by Gasteiger charge is 2.41. The first-order valence-electron chi connectivity index (χ1n) is 9.49. The summed E-state index contributed by atoms with van der Waals surface area (Å²) in [6.45, 7) is 1.59. The number of carbonyl (C=O) groups is 2. The van der Waals surface area contributed by atoms with E-state index in [0.717, 1.165) is 7.05 Å². The Kier molecular flexibility index (Phi) is 6.59. The van der Waals surface area contributed by atoms with Crippen LogP contribution in [0.5, 0.6) is 0 Å². The third kappa shape index (κ3) is 5.11. The average molecular weight is 466 g/mol. The van der Waals surface area contributed by atoms with E-state index in [0.29, 0.717) is 20.8 Å². The van der Waals surface area contributed by atoms with Gasteiger partial charge in [-0.05, 0) is 42.3 Å². The standard InChI is InChI=1S/C22H19ClF3N3O3/c1-12(14-6-8-15(9-7-14)21(31)32)27-20(30)18-17(11-13-4-3-5-16(23)10-13)28-29(2)19(18)22(24,25)26/h3-10,12H,11H2,1-2H3,(H,27,30)(H,31,32). The average Bonchev–Trinajstić information content (AvgIpc) is 3.04. The van der Waals surface area contributed by atoms with E-state index in [1.807, 2.05) is 0 Å². The van der Waals surface area contributed by atoms with Crippen LogP contribution in [0.3, 0.4) is 0 Å². The van der Waals surface area contributed by atoms with E-state index in [9.17, 15) is 22.8 Å². The van der Waals surface area contributed by atoms with Crippen molar-refractivity contribution in [2.24, 2.45) is 7.05 Å². The molecule has 0 saturated carbocycles. The summed E-state index contributed by atoms with van der Waals surface area (Å²) >= 11 is 5.97. The van der Waals surface area contributed by atoms with Gasteiger partial charge < -0.3 is 10.4 Å². The number of nitrogens with one attached hydrogen (secondary N) is 1. The number of carbonyl (C=O) groups excluding carboxylic acids is 1. The largest absolute Gasteiger partial charge is 0.478 e. The van der Waals surface area contributed by atoms with Crippen molar-refractivity contribution in [1.82, 2.24) is 15.1 Å². The van der Waals surface area contributed by atoms with E-state index in [-0.39, 0.29) is 17.7 Å². The normalized spacial score (nSPS) is 12.4. The van der Waals surface area contributed by atoms with Crippen molar-refractivity contribution in [2.75, 3.05) is 0 Å². The summed E-state index contributed by atoms with van der Waals surface area (Å²) < 4.78 is 41.9. The molecule has 32 heavy (non-hydrogen) atoms. The number of halogens is 4. The van der Waals surface area contributed by atoms with Crippen LogP contribution in [0.4, 0.5) is 13.2 Å². The van der Waals surface area contributed by atoms with Crippen LogP contribution in [0.25, 0.3) is 0 Å². The zero-order valence-electron chi connectivity index (χ0n) is 17.1. The molecule has 2 N–H and O–H groups in total. The second-order valence-corrected chi connectivity index (χ2v) is 7.66. The molecule has 0 aliphatic carbocycles. The molecule has 1 atom stereocenters. The lowest BCUT2D eigenvalue weighted by Crippen LogP contribution is -2.29. The van der Waals surface area contributed by atoms with E-state index in [1.54, 1.807) is 31.2 Å². The molecule has 0 saturated heterocycles. The molecule has 0 aliphatic heterocycles. The maximum Gasteiger partial charge on any atom is 0.433 e. The van der Waals surface area contributed by atoms with Crippen molar-refractivity contribution in [3.8, 4) is 0 Å². The van der Waals surface area contributed by atoms with Gasteiger partial charge in [0.1, 0.15) is 0 Å². The van der Waals surface area contributed by atoms with Gasteiger partial charge in [0.05, 0.1) is 22.9 Å². The minimum absolute atomic E-state index is 0.0189. The zero-order valence-corrected chi connectivity index (χ0v) is 17.8. The lowest BCUT2D eigenvalue weighted by molar-refractivity contribution is -0.144. The van der Waals surface area contributed by atoms with E-state index in [1.165, 1.54) is 24.3 Å². The summed E-state index contributed by atoms with van der Waals surface area (Å²) in [4.78, 5) is 24.0. The molecular weight excluding hydrogens is 447 g/mol. The van der Waals surface area contributed by atoms with Gasteiger partial charge in [0.25, 0.3) is 5.91 Å². The summed E-state index contributed by atoms with van der Waals surface area (Å²) in [6, 6.07) is 11.6. The van der Waals surface area contributed by atoms with Crippen molar-refractivity contribution in [3.05, 3.63) is 87.2 Å². The van der Waals surface area contributed by atoms with Gasteiger partial charge in [-0.15, -0.1) is 0 Å². The van der Waals surface area contributed by atoms with Crippen LogP contribution in [0.2, 0.25) is 5.02 Å². The molecule has 1 unspecified atom stereocenters. The highest BCUT2D eigenvalue weighted by molar-refractivity contribution is 6.30. The molecule has 0 spiro atoms. The smallest absolute Gasteiger partial charge is 0.433 e. The third-order valence-electron chi connectivity index (χ3n) is 4.88. The van der Waals surface area contributed by atoms with Gasteiger partial charge in [0.15, 0.2) is 5.69 Å². The number of alkyl halides is 3. The van der Waals surface area contributed by atoms with Crippen molar-refractivity contribution in [1.29, 1.82) is 0 Å². The summed E-state index contributed by atoms with van der Waals surface area (Å²) in [5.41, 5.74) is -0.543. The summed E-state index contributed by atoms with van der Waals surface area (Å²) in [6.07, 6.45) is -4.82. The Morgan fingerprint density at radius 3 is 2.41 bits per heavy atom. The van der Waals surface area contributed by atoms with E-state index < -0.39 is 35.4 Å². The molecular formula is C22H19ClF3N3O3. The van der Waals surface area contributed by atoms with Gasteiger partial charge in [0.2, 0.25) is 0 Å². The maximum absolute atomic E-state index is 13.7. The molecule has 10 heteroatoms. The van der Waals surface area contributed by atoms with Gasteiger partial charge in [-0.3, -0.25) is 9.48 Å². The Balaban J connectivity index is 1.95. The number of aryl methyl sites for hydroxylation is 1. The fourth-order valence-electron chi connectivity index (χ4n) is 3.37. The number of nitrogens with zero attached hydrogens (tertiary/aromatic N) is 2. The summed E-state index contributed by atoms with van der Waals surface area (Å²) in [7, 11) is 1.13. The highest BCUT2D eigenvalue weighted by atomic mass is 35.5. The predicted molar refractivity (Wildman–Crippen MR) is 112 cm³/mol. The van der Waals surface area contributed by atoms with Crippen LogP contribution >= 0.6 is 11.6 Å². The Hall–Kier alpha value is -3.33. The molecule has 2 aromatic carbocycles. The molecule has 1 amide bonds. The molecule has 0 radical (unpaired) electrons. The minimum Gasteiger partial charge on any atom is -0.478 e. The van der Waals surface area contributed by atoms with Crippen molar-refractivity contribution >= 4 is 23.5 Å². The monoisotopic (exact) mass is 465 g/mol. The molecule has 0 fully saturated rings. The number of benzene rings is 2. The van der Waals surface area contributed by atoms with Crippen LogP contribution < -0.4 is 5.32 Å². The molecule has 3 aromatic rings. The summed E-state index contributed by atoms with van der Waals surface area (Å²) in [5.74, 6) is -2.04. The Labute approximate surface area is 186 Å². The topological polar surface area (TPSA) is 84.2 Å². The maximum atomic E-state index is 13.7. The SMILES string of the molecule is CC(NC(=O)c1c(Cc2cccc(Cl)c2)nn(C)c1C(F)(F)F)c1ccc(C(=O)O)cc1. The van der Waals surface area contributed by atoms with E-state index >= 15 is 0 Å². The second kappa shape index (κ2) is 9.04. The van der Waals surface area contributed by atoms with Gasteiger partial charge in [-0.2, -0.15) is 18.3 Å². The minimum atomic E-state index is -4.80. The van der Waals surface area contributed by atoms with Crippen LogP contribution in [-0.4, -0.2) is 26.8 Å². The summed E-state index contributed by atoms with van der Waals surface area (Å²) in [5, 5.41) is 15.9. The molecule has 168 valence electrons. The number of amides is 1. The number of aromatic nitrogens is 2. The number of hydrogen-bond donors (Lipinski definition) is 2. The number of rotatable bonds is 6. The number of carboxylic acid groups (broad SMARTS) is 1. The van der Waals surface area contributed by atoms with E-state index in [4.69, 9.17) is 16.7 Å². The molecule has 0 bridgehead atoms. The third-order valence-corrected chi connectivity index (χ3v) is 5.12. The number of carboxylic acids is 1.